The molecule has 0 spiro atoms. The molecule has 3 fully saturated rings. The number of hydrogen-bond donors (Lipinski definition) is 2. The quantitative estimate of drug-likeness (QED) is 0.585. The van der Waals surface area contributed by atoms with Crippen molar-refractivity contribution in [1.29, 1.82) is 0 Å². The average molecular weight is 485 g/mol. The molecular formula is C23H27N5O7. The number of carbonyl (C=O) groups excluding carboxylic acids is 5. The SMILES string of the molecule is C=C1CC(NC(=O)[C@@H]2CCCN3C(=O)CCN(NC(=O)c4ccccc4)C(=O)N23)C(OC(C)=O)O1. The first kappa shape index (κ1) is 24.0. The van der Waals surface area contributed by atoms with Crippen LogP contribution in [0.15, 0.2) is 42.7 Å². The molecule has 1 aromatic rings. The largest absolute Gasteiger partial charge is 0.457 e. The maximum atomic E-state index is 13.5. The number of amides is 5. The molecule has 1 aromatic carbocycles. The van der Waals surface area contributed by atoms with Gasteiger partial charge < -0.3 is 14.8 Å². The third kappa shape index (κ3) is 5.20. The molecule has 0 saturated carbocycles. The summed E-state index contributed by atoms with van der Waals surface area (Å²) in [4.78, 5) is 63.6. The molecule has 0 aromatic heterocycles. The van der Waals surface area contributed by atoms with Gasteiger partial charge in [-0.1, -0.05) is 24.8 Å². The van der Waals surface area contributed by atoms with Gasteiger partial charge in [0.15, 0.2) is 0 Å². The highest BCUT2D eigenvalue weighted by Gasteiger charge is 2.45. The van der Waals surface area contributed by atoms with Gasteiger partial charge in [-0.3, -0.25) is 24.6 Å². The Kier molecular flexibility index (Phi) is 6.90. The van der Waals surface area contributed by atoms with Crippen LogP contribution in [-0.4, -0.2) is 76.2 Å². The Morgan fingerprint density at radius 2 is 1.89 bits per heavy atom. The zero-order chi connectivity index (χ0) is 25.1. The van der Waals surface area contributed by atoms with Crippen LogP contribution in [0.4, 0.5) is 4.79 Å². The van der Waals surface area contributed by atoms with Crippen LogP contribution in [-0.2, 0) is 23.9 Å². The third-order valence-corrected chi connectivity index (χ3v) is 5.91. The van der Waals surface area contributed by atoms with Gasteiger partial charge in [-0.15, -0.1) is 0 Å². The summed E-state index contributed by atoms with van der Waals surface area (Å²) in [5.74, 6) is -1.60. The molecule has 12 nitrogen and oxygen atoms in total. The van der Waals surface area contributed by atoms with Crippen molar-refractivity contribution in [2.45, 2.75) is 51.0 Å². The van der Waals surface area contributed by atoms with Crippen molar-refractivity contribution in [2.75, 3.05) is 13.1 Å². The first-order valence-corrected chi connectivity index (χ1v) is 11.3. The van der Waals surface area contributed by atoms with Gasteiger partial charge in [0.2, 0.25) is 11.8 Å². The molecule has 0 bridgehead atoms. The fourth-order valence-electron chi connectivity index (χ4n) is 4.30. The lowest BCUT2D eigenvalue weighted by molar-refractivity contribution is -0.168. The van der Waals surface area contributed by atoms with E-state index in [-0.39, 0.29) is 31.8 Å². The van der Waals surface area contributed by atoms with E-state index >= 15 is 0 Å². The average Bonchev–Trinajstić information content (AvgIpc) is 3.12. The number of nitrogens with one attached hydrogen (secondary N) is 2. The molecule has 2 N–H and O–H groups in total. The van der Waals surface area contributed by atoms with E-state index in [0.29, 0.717) is 24.2 Å². The zero-order valence-corrected chi connectivity index (χ0v) is 19.3. The smallest absolute Gasteiger partial charge is 0.358 e. The van der Waals surface area contributed by atoms with Gasteiger partial charge >= 0.3 is 12.0 Å². The molecule has 12 heteroatoms. The van der Waals surface area contributed by atoms with Gasteiger partial charge in [0.25, 0.3) is 12.2 Å². The Balaban J connectivity index is 1.52. The van der Waals surface area contributed by atoms with Crippen molar-refractivity contribution >= 4 is 29.7 Å². The highest BCUT2D eigenvalue weighted by Crippen LogP contribution is 2.27. The van der Waals surface area contributed by atoms with Crippen LogP contribution in [0.25, 0.3) is 0 Å². The number of urea groups is 1. The molecule has 3 aliphatic heterocycles. The Morgan fingerprint density at radius 3 is 2.60 bits per heavy atom. The number of benzene rings is 1. The van der Waals surface area contributed by atoms with Gasteiger partial charge in [0.05, 0.1) is 12.3 Å². The highest BCUT2D eigenvalue weighted by molar-refractivity contribution is 5.96. The normalized spacial score (nSPS) is 24.3. The van der Waals surface area contributed by atoms with Gasteiger partial charge in [-0.05, 0) is 25.0 Å². The summed E-state index contributed by atoms with van der Waals surface area (Å²) >= 11 is 0. The molecule has 0 aliphatic carbocycles. The summed E-state index contributed by atoms with van der Waals surface area (Å²) in [6.07, 6.45) is -0.0190. The molecule has 5 amide bonds. The molecule has 3 heterocycles. The fourth-order valence-corrected chi connectivity index (χ4v) is 4.30. The number of rotatable bonds is 5. The first-order valence-electron chi connectivity index (χ1n) is 11.3. The maximum absolute atomic E-state index is 13.5. The van der Waals surface area contributed by atoms with E-state index in [0.717, 1.165) is 10.0 Å². The van der Waals surface area contributed by atoms with Crippen LogP contribution in [0.3, 0.4) is 0 Å². The number of esters is 1. The van der Waals surface area contributed by atoms with Gasteiger partial charge in [-0.2, -0.15) is 0 Å². The second kappa shape index (κ2) is 10.0. The minimum Gasteiger partial charge on any atom is -0.457 e. The van der Waals surface area contributed by atoms with E-state index < -0.39 is 42.2 Å². The van der Waals surface area contributed by atoms with Crippen LogP contribution in [0.1, 0.15) is 43.0 Å². The minimum absolute atomic E-state index is 0.0174. The number of fused-ring (bicyclic) bond motifs is 1. The highest BCUT2D eigenvalue weighted by atomic mass is 16.7. The number of hydrogen-bond acceptors (Lipinski definition) is 7. The van der Waals surface area contributed by atoms with Gasteiger partial charge in [0.1, 0.15) is 12.1 Å². The van der Waals surface area contributed by atoms with E-state index in [1.165, 1.54) is 11.9 Å². The topological polar surface area (TPSA) is 138 Å². The van der Waals surface area contributed by atoms with E-state index in [1.54, 1.807) is 30.3 Å². The second-order valence-electron chi connectivity index (χ2n) is 8.46. The number of nitrogens with zero attached hydrogens (tertiary/aromatic N) is 3. The van der Waals surface area contributed by atoms with E-state index in [1.807, 2.05) is 0 Å². The monoisotopic (exact) mass is 485 g/mol. The van der Waals surface area contributed by atoms with E-state index in [4.69, 9.17) is 9.47 Å². The number of hydrazine groups is 2. The standard InChI is InChI=1S/C23H27N5O7/c1-14-13-17(22(34-14)35-15(2)29)24-21(32)18-9-6-11-27-19(30)10-12-26(23(33)28(18)27)25-20(31)16-7-4-3-5-8-16/h3-5,7-8,17-18,22H,1,6,9-13H2,2H3,(H,24,32)(H,25,31)/t17?,18-,22?/m0/s1. The molecule has 3 saturated heterocycles. The van der Waals surface area contributed by atoms with Crippen LogP contribution in [0.5, 0.6) is 0 Å². The summed E-state index contributed by atoms with van der Waals surface area (Å²) in [7, 11) is 0. The fraction of sp³-hybridized carbons (Fsp3) is 0.435. The number of ether oxygens (including phenoxy) is 2. The summed E-state index contributed by atoms with van der Waals surface area (Å²) in [5.41, 5.74) is 2.90. The molecular weight excluding hydrogens is 458 g/mol. The van der Waals surface area contributed by atoms with Crippen molar-refractivity contribution < 1.29 is 33.4 Å². The lowest BCUT2D eigenvalue weighted by atomic mass is 10.1. The van der Waals surface area contributed by atoms with E-state index in [2.05, 4.69) is 17.3 Å². The summed E-state index contributed by atoms with van der Waals surface area (Å²) in [5, 5.41) is 6.19. The van der Waals surface area contributed by atoms with E-state index in [9.17, 15) is 24.0 Å². The van der Waals surface area contributed by atoms with Gasteiger partial charge in [0, 0.05) is 31.9 Å². The lowest BCUT2D eigenvalue weighted by Crippen LogP contribution is -2.65. The Morgan fingerprint density at radius 1 is 1.14 bits per heavy atom. The van der Waals surface area contributed by atoms with Crippen molar-refractivity contribution in [1.82, 2.24) is 25.8 Å². The Bertz CT molecular complexity index is 1050. The first-order chi connectivity index (χ1) is 16.7. The predicted molar refractivity (Wildman–Crippen MR) is 120 cm³/mol. The molecule has 2 unspecified atom stereocenters. The molecule has 35 heavy (non-hydrogen) atoms. The summed E-state index contributed by atoms with van der Waals surface area (Å²) in [6.45, 7) is 5.17. The summed E-state index contributed by atoms with van der Waals surface area (Å²) in [6, 6.07) is 5.95. The zero-order valence-electron chi connectivity index (χ0n) is 19.3. The molecule has 4 rings (SSSR count). The van der Waals surface area contributed by atoms with Crippen molar-refractivity contribution in [3.63, 3.8) is 0 Å². The van der Waals surface area contributed by atoms with Crippen LogP contribution >= 0.6 is 0 Å². The summed E-state index contributed by atoms with van der Waals surface area (Å²) < 4.78 is 10.5. The van der Waals surface area contributed by atoms with Crippen LogP contribution < -0.4 is 10.7 Å². The van der Waals surface area contributed by atoms with Crippen molar-refractivity contribution in [2.24, 2.45) is 0 Å². The molecule has 3 atom stereocenters. The third-order valence-electron chi connectivity index (χ3n) is 5.91. The van der Waals surface area contributed by atoms with Crippen molar-refractivity contribution in [3.05, 3.63) is 48.2 Å². The number of carbonyl (C=O) groups is 5. The minimum atomic E-state index is -1.04. The molecule has 0 radical (unpaired) electrons. The van der Waals surface area contributed by atoms with Gasteiger partial charge in [-0.25, -0.2) is 19.8 Å². The lowest BCUT2D eigenvalue weighted by Gasteiger charge is -2.43. The second-order valence-corrected chi connectivity index (χ2v) is 8.46. The van der Waals surface area contributed by atoms with Crippen LogP contribution in [0.2, 0.25) is 0 Å². The van der Waals surface area contributed by atoms with Crippen LogP contribution in [0, 0.1) is 0 Å². The Hall–Kier alpha value is -4.09. The Labute approximate surface area is 201 Å². The molecule has 186 valence electrons. The maximum Gasteiger partial charge on any atom is 0.358 e. The molecule has 3 aliphatic rings. The van der Waals surface area contributed by atoms with Crippen molar-refractivity contribution in [3.8, 4) is 0 Å². The predicted octanol–water partition coefficient (Wildman–Crippen LogP) is 0.673.